The van der Waals surface area contributed by atoms with E-state index in [0.29, 0.717) is 11.5 Å². The van der Waals surface area contributed by atoms with Crippen LogP contribution in [0.5, 0.6) is 11.5 Å². The first-order valence-electron chi connectivity index (χ1n) is 8.51. The second-order valence-electron chi connectivity index (χ2n) is 6.58. The van der Waals surface area contributed by atoms with E-state index >= 15 is 0 Å². The van der Waals surface area contributed by atoms with Crippen molar-refractivity contribution in [1.82, 2.24) is 0 Å². The van der Waals surface area contributed by atoms with Crippen molar-refractivity contribution in [3.05, 3.63) is 57.6 Å². The predicted octanol–water partition coefficient (Wildman–Crippen LogP) is 5.19. The van der Waals surface area contributed by atoms with Gasteiger partial charge in [0.25, 0.3) is 0 Å². The monoisotopic (exact) mass is 312 g/mol. The van der Waals surface area contributed by atoms with E-state index in [1.165, 1.54) is 11.1 Å². The van der Waals surface area contributed by atoms with Gasteiger partial charge >= 0.3 is 0 Å². The molecule has 2 rings (SSSR count). The van der Waals surface area contributed by atoms with Crippen molar-refractivity contribution in [2.24, 2.45) is 0 Å². The van der Waals surface area contributed by atoms with Gasteiger partial charge in [0, 0.05) is 0 Å². The van der Waals surface area contributed by atoms with Gasteiger partial charge in [-0.25, -0.2) is 0 Å². The minimum absolute atomic E-state index is 0.151. The maximum atomic E-state index is 10.4. The number of rotatable bonds is 5. The van der Waals surface area contributed by atoms with Crippen LogP contribution >= 0.6 is 0 Å². The van der Waals surface area contributed by atoms with Gasteiger partial charge in [-0.15, -0.1) is 0 Å². The molecule has 0 aliphatic rings. The summed E-state index contributed by atoms with van der Waals surface area (Å²) in [6.45, 7) is 10.3. The molecule has 2 aromatic carbocycles. The summed E-state index contributed by atoms with van der Waals surface area (Å²) in [7, 11) is 0. The van der Waals surface area contributed by atoms with Crippen molar-refractivity contribution >= 4 is 0 Å². The molecule has 2 heteroatoms. The lowest BCUT2D eigenvalue weighted by atomic mass is 9.88. The third-order valence-electron chi connectivity index (χ3n) is 4.70. The summed E-state index contributed by atoms with van der Waals surface area (Å²) in [6, 6.07) is 8.28. The molecule has 0 fully saturated rings. The molecule has 0 aromatic heterocycles. The van der Waals surface area contributed by atoms with Gasteiger partial charge in [-0.05, 0) is 72.4 Å². The molecule has 23 heavy (non-hydrogen) atoms. The average Bonchev–Trinajstić information content (AvgIpc) is 2.53. The largest absolute Gasteiger partial charge is 0.507 e. The first kappa shape index (κ1) is 17.4. The van der Waals surface area contributed by atoms with Crippen LogP contribution in [0.2, 0.25) is 0 Å². The van der Waals surface area contributed by atoms with Gasteiger partial charge in [0.05, 0.1) is 0 Å². The first-order chi connectivity index (χ1) is 10.9. The highest BCUT2D eigenvalue weighted by Gasteiger charge is 2.17. The minimum Gasteiger partial charge on any atom is -0.507 e. The number of hydrogen-bond donors (Lipinski definition) is 2. The Kier molecular flexibility index (Phi) is 5.35. The molecule has 2 aromatic rings. The lowest BCUT2D eigenvalue weighted by Gasteiger charge is -2.18. The van der Waals surface area contributed by atoms with Gasteiger partial charge in [0.1, 0.15) is 11.5 Å². The lowest BCUT2D eigenvalue weighted by Crippen LogP contribution is -2.03. The molecule has 0 spiro atoms. The van der Waals surface area contributed by atoms with Crippen molar-refractivity contribution in [3.8, 4) is 11.5 Å². The van der Waals surface area contributed by atoms with E-state index in [0.717, 1.165) is 41.5 Å². The van der Waals surface area contributed by atoms with E-state index in [1.54, 1.807) is 0 Å². The Morgan fingerprint density at radius 2 is 1.35 bits per heavy atom. The van der Waals surface area contributed by atoms with E-state index in [-0.39, 0.29) is 5.92 Å². The molecule has 0 saturated carbocycles. The second kappa shape index (κ2) is 7.08. The van der Waals surface area contributed by atoms with Gasteiger partial charge in [-0.1, -0.05) is 45.0 Å². The molecule has 0 heterocycles. The van der Waals surface area contributed by atoms with E-state index in [4.69, 9.17) is 0 Å². The SMILES string of the molecule is CCc1cc(C)c(O)c(CC(C)c2cc(CC)cc(C)c2O)c1. The van der Waals surface area contributed by atoms with Gasteiger partial charge in [0.2, 0.25) is 0 Å². The molecular weight excluding hydrogens is 284 g/mol. The average molecular weight is 312 g/mol. The predicted molar refractivity (Wildman–Crippen MR) is 96.6 cm³/mol. The Balaban J connectivity index is 2.38. The number of phenols is 2. The van der Waals surface area contributed by atoms with E-state index in [1.807, 2.05) is 26.0 Å². The van der Waals surface area contributed by atoms with Gasteiger partial charge in [-0.2, -0.15) is 0 Å². The molecule has 2 nitrogen and oxygen atoms in total. The smallest absolute Gasteiger partial charge is 0.121 e. The zero-order valence-electron chi connectivity index (χ0n) is 14.9. The number of aryl methyl sites for hydroxylation is 4. The summed E-state index contributed by atoms with van der Waals surface area (Å²) in [5, 5.41) is 20.8. The van der Waals surface area contributed by atoms with Crippen LogP contribution < -0.4 is 0 Å². The van der Waals surface area contributed by atoms with Crippen LogP contribution in [-0.4, -0.2) is 10.2 Å². The Labute approximate surface area is 139 Å². The molecule has 0 saturated heterocycles. The first-order valence-corrected chi connectivity index (χ1v) is 8.51. The van der Waals surface area contributed by atoms with Crippen molar-refractivity contribution < 1.29 is 10.2 Å². The van der Waals surface area contributed by atoms with Crippen molar-refractivity contribution in [1.29, 1.82) is 0 Å². The van der Waals surface area contributed by atoms with Crippen LogP contribution in [0.15, 0.2) is 24.3 Å². The maximum Gasteiger partial charge on any atom is 0.121 e. The summed E-state index contributed by atoms with van der Waals surface area (Å²) in [5.41, 5.74) is 6.27. The number of aromatic hydroxyl groups is 2. The molecule has 1 atom stereocenters. The Morgan fingerprint density at radius 3 is 1.91 bits per heavy atom. The molecule has 1 unspecified atom stereocenters. The highest BCUT2D eigenvalue weighted by molar-refractivity contribution is 5.48. The van der Waals surface area contributed by atoms with Crippen molar-refractivity contribution in [2.75, 3.05) is 0 Å². The van der Waals surface area contributed by atoms with Crippen LogP contribution in [0.3, 0.4) is 0 Å². The normalized spacial score (nSPS) is 12.4. The summed E-state index contributed by atoms with van der Waals surface area (Å²) in [6.07, 6.45) is 2.63. The summed E-state index contributed by atoms with van der Waals surface area (Å²) >= 11 is 0. The molecule has 0 bridgehead atoms. The van der Waals surface area contributed by atoms with E-state index < -0.39 is 0 Å². The minimum atomic E-state index is 0.151. The number of hydrogen-bond acceptors (Lipinski definition) is 2. The number of benzene rings is 2. The Bertz CT molecular complexity index is 701. The topological polar surface area (TPSA) is 40.5 Å². The summed E-state index contributed by atoms with van der Waals surface area (Å²) in [5.74, 6) is 0.923. The molecule has 2 N–H and O–H groups in total. The zero-order chi connectivity index (χ0) is 17.1. The third kappa shape index (κ3) is 3.69. The fraction of sp³-hybridized carbons (Fsp3) is 0.429. The van der Waals surface area contributed by atoms with Crippen LogP contribution in [0, 0.1) is 13.8 Å². The van der Waals surface area contributed by atoms with Crippen LogP contribution in [0.4, 0.5) is 0 Å². The fourth-order valence-corrected chi connectivity index (χ4v) is 3.20. The van der Waals surface area contributed by atoms with Crippen LogP contribution in [-0.2, 0) is 19.3 Å². The van der Waals surface area contributed by atoms with E-state index in [9.17, 15) is 10.2 Å². The Morgan fingerprint density at radius 1 is 0.826 bits per heavy atom. The van der Waals surface area contributed by atoms with Crippen LogP contribution in [0.25, 0.3) is 0 Å². The van der Waals surface area contributed by atoms with E-state index in [2.05, 4.69) is 32.9 Å². The van der Waals surface area contributed by atoms with Crippen molar-refractivity contribution in [3.63, 3.8) is 0 Å². The standard InChI is InChI=1S/C21H28O2/c1-6-16-8-14(4)20(22)18(11-16)10-13(3)19-12-17(7-2)9-15(5)21(19)23/h8-9,11-13,22-23H,6-7,10H2,1-5H3. The Hall–Kier alpha value is -1.96. The molecular formula is C21H28O2. The van der Waals surface area contributed by atoms with Crippen molar-refractivity contribution in [2.45, 2.75) is 59.8 Å². The highest BCUT2D eigenvalue weighted by Crippen LogP contribution is 2.35. The molecule has 0 radical (unpaired) electrons. The lowest BCUT2D eigenvalue weighted by molar-refractivity contribution is 0.451. The van der Waals surface area contributed by atoms with Gasteiger partial charge < -0.3 is 10.2 Å². The molecule has 0 aliphatic heterocycles. The number of phenolic OH excluding ortho intramolecular Hbond substituents is 2. The third-order valence-corrected chi connectivity index (χ3v) is 4.70. The van der Waals surface area contributed by atoms with Crippen LogP contribution in [0.1, 0.15) is 60.1 Å². The van der Waals surface area contributed by atoms with Gasteiger partial charge in [0.15, 0.2) is 0 Å². The highest BCUT2D eigenvalue weighted by atomic mass is 16.3. The quantitative estimate of drug-likeness (QED) is 0.798. The fourth-order valence-electron chi connectivity index (χ4n) is 3.20. The summed E-state index contributed by atoms with van der Waals surface area (Å²) in [4.78, 5) is 0. The molecule has 0 amide bonds. The summed E-state index contributed by atoms with van der Waals surface area (Å²) < 4.78 is 0. The van der Waals surface area contributed by atoms with Gasteiger partial charge in [-0.3, -0.25) is 0 Å². The maximum absolute atomic E-state index is 10.4. The zero-order valence-corrected chi connectivity index (χ0v) is 14.9. The second-order valence-corrected chi connectivity index (χ2v) is 6.58. The molecule has 124 valence electrons. The molecule has 0 aliphatic carbocycles.